The summed E-state index contributed by atoms with van der Waals surface area (Å²) in [6, 6.07) is 10.3. The number of nitrogens with zero attached hydrogens (tertiary/aromatic N) is 1. The first-order chi connectivity index (χ1) is 19.7. The largest absolute Gasteiger partial charge is 0.493 e. The number of halogens is 2. The highest BCUT2D eigenvalue weighted by Crippen LogP contribution is 2.38. The van der Waals surface area contributed by atoms with Crippen LogP contribution in [0, 0.1) is 0 Å². The summed E-state index contributed by atoms with van der Waals surface area (Å²) in [6.07, 6.45) is 3.51. The lowest BCUT2D eigenvalue weighted by atomic mass is 9.95. The topological polar surface area (TPSA) is 115 Å². The van der Waals surface area contributed by atoms with E-state index in [9.17, 15) is 14.4 Å². The molecule has 1 aliphatic rings. The van der Waals surface area contributed by atoms with E-state index in [1.54, 1.807) is 50.2 Å². The van der Waals surface area contributed by atoms with Crippen LogP contribution in [0.3, 0.4) is 0 Å². The molecule has 0 bridgehead atoms. The maximum Gasteiger partial charge on any atom is 0.341 e. The zero-order valence-corrected chi connectivity index (χ0v) is 25.1. The molecule has 2 N–H and O–H groups in total. The SMILES string of the molecule is CCOC(=O)c1c(NC(=O)C(=O)NN=C(C)c2ccc(OCc3ccc(Cl)cc3Cl)c(OC)c2)sc2c1CCCC2. The summed E-state index contributed by atoms with van der Waals surface area (Å²) in [5.41, 5.74) is 5.32. The Bertz CT molecular complexity index is 1500. The minimum Gasteiger partial charge on any atom is -0.493 e. The van der Waals surface area contributed by atoms with Gasteiger partial charge in [-0.25, -0.2) is 10.2 Å². The number of amides is 2. The number of ether oxygens (including phenoxy) is 3. The van der Waals surface area contributed by atoms with E-state index in [1.807, 2.05) is 0 Å². The van der Waals surface area contributed by atoms with Gasteiger partial charge in [-0.15, -0.1) is 11.3 Å². The number of aryl methyl sites for hydroxylation is 1. The molecule has 3 aromatic rings. The van der Waals surface area contributed by atoms with Gasteiger partial charge in [0.25, 0.3) is 0 Å². The number of carbonyl (C=O) groups excluding carboxylic acids is 3. The van der Waals surface area contributed by atoms with E-state index in [4.69, 9.17) is 37.4 Å². The fourth-order valence-corrected chi connectivity index (χ4v) is 6.02. The Kier molecular flexibility index (Phi) is 10.3. The molecule has 2 amide bonds. The van der Waals surface area contributed by atoms with Crippen molar-refractivity contribution < 1.29 is 28.6 Å². The summed E-state index contributed by atoms with van der Waals surface area (Å²) < 4.78 is 16.5. The van der Waals surface area contributed by atoms with Gasteiger partial charge in [0.15, 0.2) is 11.5 Å². The monoisotopic (exact) mass is 617 g/mol. The molecule has 1 heterocycles. The third-order valence-corrected chi connectivity index (χ3v) is 8.18. The maximum atomic E-state index is 12.7. The van der Waals surface area contributed by atoms with Gasteiger partial charge >= 0.3 is 17.8 Å². The Morgan fingerprint density at radius 2 is 1.80 bits per heavy atom. The lowest BCUT2D eigenvalue weighted by Crippen LogP contribution is -2.33. The van der Waals surface area contributed by atoms with Crippen molar-refractivity contribution in [1.82, 2.24) is 5.43 Å². The van der Waals surface area contributed by atoms with Crippen LogP contribution in [0.4, 0.5) is 5.00 Å². The Morgan fingerprint density at radius 3 is 2.54 bits per heavy atom. The van der Waals surface area contributed by atoms with Crippen LogP contribution in [0.5, 0.6) is 11.5 Å². The van der Waals surface area contributed by atoms with E-state index in [-0.39, 0.29) is 13.2 Å². The molecular formula is C29H29Cl2N3O6S. The highest BCUT2D eigenvalue weighted by molar-refractivity contribution is 7.17. The van der Waals surface area contributed by atoms with Gasteiger partial charge in [0.2, 0.25) is 0 Å². The third-order valence-electron chi connectivity index (χ3n) is 6.39. The summed E-state index contributed by atoms with van der Waals surface area (Å²) in [5, 5.41) is 7.99. The van der Waals surface area contributed by atoms with Gasteiger partial charge in [0, 0.05) is 26.0 Å². The molecule has 0 saturated carbocycles. The van der Waals surface area contributed by atoms with E-state index >= 15 is 0 Å². The average molecular weight is 619 g/mol. The molecule has 0 saturated heterocycles. The molecule has 1 aliphatic carbocycles. The molecule has 0 aliphatic heterocycles. The minimum absolute atomic E-state index is 0.203. The molecule has 0 atom stereocenters. The maximum absolute atomic E-state index is 12.7. The molecule has 9 nitrogen and oxygen atoms in total. The fourth-order valence-electron chi connectivity index (χ4n) is 4.29. The number of carbonyl (C=O) groups is 3. The molecular weight excluding hydrogens is 589 g/mol. The van der Waals surface area contributed by atoms with E-state index in [2.05, 4.69) is 15.8 Å². The number of nitrogens with one attached hydrogen (secondary N) is 2. The second-order valence-electron chi connectivity index (χ2n) is 9.12. The number of hydrogen-bond donors (Lipinski definition) is 2. The summed E-state index contributed by atoms with van der Waals surface area (Å²) in [6.45, 7) is 3.80. The van der Waals surface area contributed by atoms with Crippen LogP contribution in [-0.2, 0) is 33.8 Å². The molecule has 41 heavy (non-hydrogen) atoms. The summed E-state index contributed by atoms with van der Waals surface area (Å²) in [4.78, 5) is 38.9. The Hall–Kier alpha value is -3.60. The molecule has 0 spiro atoms. The van der Waals surface area contributed by atoms with E-state index in [0.717, 1.165) is 41.7 Å². The number of thiophene rings is 1. The smallest absolute Gasteiger partial charge is 0.341 e. The molecule has 0 unspecified atom stereocenters. The number of fused-ring (bicyclic) bond motifs is 1. The normalized spacial score (nSPS) is 12.8. The summed E-state index contributed by atoms with van der Waals surface area (Å²) >= 11 is 13.5. The molecule has 12 heteroatoms. The highest BCUT2D eigenvalue weighted by Gasteiger charge is 2.28. The van der Waals surface area contributed by atoms with Crippen LogP contribution in [0.15, 0.2) is 41.5 Å². The lowest BCUT2D eigenvalue weighted by molar-refractivity contribution is -0.136. The Balaban J connectivity index is 1.42. The van der Waals surface area contributed by atoms with Gasteiger partial charge in [-0.3, -0.25) is 9.59 Å². The van der Waals surface area contributed by atoms with Crippen LogP contribution < -0.4 is 20.2 Å². The van der Waals surface area contributed by atoms with Crippen LogP contribution in [0.25, 0.3) is 0 Å². The number of methoxy groups -OCH3 is 1. The second kappa shape index (κ2) is 13.8. The first-order valence-corrected chi connectivity index (χ1v) is 14.5. The van der Waals surface area contributed by atoms with Crippen molar-refractivity contribution >= 4 is 63.0 Å². The van der Waals surface area contributed by atoms with Crippen molar-refractivity contribution in [2.75, 3.05) is 19.0 Å². The number of esters is 1. The molecule has 1 aromatic heterocycles. The minimum atomic E-state index is -0.975. The van der Waals surface area contributed by atoms with E-state index < -0.39 is 17.8 Å². The number of rotatable bonds is 9. The van der Waals surface area contributed by atoms with Gasteiger partial charge in [0.1, 0.15) is 11.6 Å². The average Bonchev–Trinajstić information content (AvgIpc) is 3.33. The van der Waals surface area contributed by atoms with Crippen LogP contribution in [-0.4, -0.2) is 37.2 Å². The van der Waals surface area contributed by atoms with Crippen molar-refractivity contribution in [3.05, 3.63) is 73.6 Å². The fraction of sp³-hybridized carbons (Fsp3) is 0.310. The third kappa shape index (κ3) is 7.38. The number of hydrogen-bond acceptors (Lipinski definition) is 8. The zero-order valence-electron chi connectivity index (χ0n) is 22.8. The zero-order chi connectivity index (χ0) is 29.5. The van der Waals surface area contributed by atoms with Crippen molar-refractivity contribution in [2.24, 2.45) is 5.10 Å². The standard InChI is InChI=1S/C29H29Cl2N3O6S/c1-4-39-29(37)25-20-7-5-6-8-24(20)41-28(25)32-26(35)27(36)34-33-16(2)17-10-12-22(23(13-17)38-3)40-15-18-9-11-19(30)14-21(18)31/h9-14H,4-8,15H2,1-3H3,(H,32,35)(H,34,36). The van der Waals surface area contributed by atoms with Crippen LogP contribution in [0.2, 0.25) is 10.0 Å². The van der Waals surface area contributed by atoms with Gasteiger partial charge in [-0.1, -0.05) is 29.3 Å². The summed E-state index contributed by atoms with van der Waals surface area (Å²) in [7, 11) is 1.51. The first-order valence-electron chi connectivity index (χ1n) is 12.9. The van der Waals surface area contributed by atoms with Gasteiger partial charge in [-0.2, -0.15) is 5.10 Å². The van der Waals surface area contributed by atoms with Crippen LogP contribution >= 0.6 is 34.5 Å². The molecule has 216 valence electrons. The van der Waals surface area contributed by atoms with Gasteiger partial charge in [-0.05, 0) is 75.4 Å². The molecule has 4 rings (SSSR count). The predicted molar refractivity (Wildman–Crippen MR) is 160 cm³/mol. The highest BCUT2D eigenvalue weighted by atomic mass is 35.5. The van der Waals surface area contributed by atoms with Gasteiger partial charge in [0.05, 0.1) is 25.0 Å². The number of anilines is 1. The molecule has 0 fully saturated rings. The first kappa shape index (κ1) is 30.4. The quantitative estimate of drug-likeness (QED) is 0.128. The van der Waals surface area contributed by atoms with Crippen molar-refractivity contribution in [3.63, 3.8) is 0 Å². The molecule has 0 radical (unpaired) electrons. The number of benzene rings is 2. The number of hydrazone groups is 1. The van der Waals surface area contributed by atoms with Gasteiger partial charge < -0.3 is 19.5 Å². The van der Waals surface area contributed by atoms with E-state index in [1.165, 1.54) is 18.4 Å². The van der Waals surface area contributed by atoms with Crippen molar-refractivity contribution in [2.45, 2.75) is 46.1 Å². The second-order valence-corrected chi connectivity index (χ2v) is 11.1. The van der Waals surface area contributed by atoms with Crippen molar-refractivity contribution in [3.8, 4) is 11.5 Å². The predicted octanol–water partition coefficient (Wildman–Crippen LogP) is 6.18. The summed E-state index contributed by atoms with van der Waals surface area (Å²) in [5.74, 6) is -1.49. The molecule has 2 aromatic carbocycles. The Labute approximate surface area is 251 Å². The van der Waals surface area contributed by atoms with E-state index in [0.29, 0.717) is 43.4 Å². The van der Waals surface area contributed by atoms with Crippen LogP contribution in [0.1, 0.15) is 58.6 Å². The lowest BCUT2D eigenvalue weighted by Gasteiger charge is -2.13. The van der Waals surface area contributed by atoms with Crippen molar-refractivity contribution in [1.29, 1.82) is 0 Å². The Morgan fingerprint density at radius 1 is 1.02 bits per heavy atom.